The third kappa shape index (κ3) is 8.39. The smallest absolute Gasteiger partial charge is 0.320 e. The van der Waals surface area contributed by atoms with Crippen LogP contribution >= 0.6 is 0 Å². The first-order valence-corrected chi connectivity index (χ1v) is 5.88. The first kappa shape index (κ1) is 14.4. The normalized spacial score (nSPS) is 12.7. The summed E-state index contributed by atoms with van der Waals surface area (Å²) in [6, 6.07) is -0.395. The summed E-state index contributed by atoms with van der Waals surface area (Å²) in [5.74, 6) is -0.747. The van der Waals surface area contributed by atoms with E-state index in [4.69, 9.17) is 10.8 Å². The van der Waals surface area contributed by atoms with Gasteiger partial charge in [0.2, 0.25) is 0 Å². The summed E-state index contributed by atoms with van der Waals surface area (Å²) >= 11 is 0. The van der Waals surface area contributed by atoms with Crippen LogP contribution in [-0.2, 0) is 4.79 Å². The van der Waals surface area contributed by atoms with Crippen LogP contribution in [0.3, 0.4) is 0 Å². The number of unbranched alkanes of at least 4 members (excludes halogenated alkanes) is 3. The zero-order valence-electron chi connectivity index (χ0n) is 9.67. The number of nitrogens with one attached hydrogen (secondary N) is 1. The second kappa shape index (κ2) is 9.93. The van der Waals surface area contributed by atoms with E-state index in [0.29, 0.717) is 13.0 Å². The molecule has 0 heterocycles. The van der Waals surface area contributed by atoms with Crippen LogP contribution in [0.5, 0.6) is 0 Å². The van der Waals surface area contributed by atoms with Gasteiger partial charge in [-0.05, 0) is 32.4 Å². The fraction of sp³-hybridized carbons (Fsp3) is 0.909. The summed E-state index contributed by atoms with van der Waals surface area (Å²) in [6.45, 7) is 3.57. The van der Waals surface area contributed by atoms with Crippen molar-refractivity contribution in [2.45, 2.75) is 51.5 Å². The van der Waals surface area contributed by atoms with Crippen molar-refractivity contribution in [2.75, 3.05) is 13.1 Å². The molecule has 0 aromatic carbocycles. The van der Waals surface area contributed by atoms with E-state index in [1.165, 1.54) is 0 Å². The van der Waals surface area contributed by atoms with E-state index in [1.54, 1.807) is 0 Å². The van der Waals surface area contributed by atoms with E-state index in [9.17, 15) is 4.79 Å². The van der Waals surface area contributed by atoms with E-state index in [-0.39, 0.29) is 0 Å². The van der Waals surface area contributed by atoms with Gasteiger partial charge in [-0.15, -0.1) is 0 Å². The van der Waals surface area contributed by atoms with Crippen LogP contribution < -0.4 is 11.1 Å². The second-order valence-corrected chi connectivity index (χ2v) is 3.84. The molecule has 90 valence electrons. The highest BCUT2D eigenvalue weighted by molar-refractivity contribution is 5.73. The van der Waals surface area contributed by atoms with Gasteiger partial charge in [0.25, 0.3) is 0 Å². The lowest BCUT2D eigenvalue weighted by molar-refractivity contribution is -0.139. The van der Waals surface area contributed by atoms with Gasteiger partial charge in [0.1, 0.15) is 6.04 Å². The number of aliphatic carboxylic acids is 1. The van der Waals surface area contributed by atoms with Gasteiger partial charge in [0.15, 0.2) is 0 Å². The molecule has 0 rings (SSSR count). The molecule has 0 bridgehead atoms. The predicted octanol–water partition coefficient (Wildman–Crippen LogP) is 1.35. The van der Waals surface area contributed by atoms with Crippen LogP contribution in [0.25, 0.3) is 0 Å². The summed E-state index contributed by atoms with van der Waals surface area (Å²) in [5.41, 5.74) is 5.36. The number of hydrogen-bond acceptors (Lipinski definition) is 3. The summed E-state index contributed by atoms with van der Waals surface area (Å²) in [6.07, 6.45) is 5.83. The molecule has 0 unspecified atom stereocenters. The third-order valence-electron chi connectivity index (χ3n) is 2.42. The van der Waals surface area contributed by atoms with Gasteiger partial charge in [0.05, 0.1) is 0 Å². The summed E-state index contributed by atoms with van der Waals surface area (Å²) < 4.78 is 0. The van der Waals surface area contributed by atoms with Gasteiger partial charge in [-0.1, -0.05) is 26.2 Å². The Bertz CT molecular complexity index is 163. The van der Waals surface area contributed by atoms with Crippen LogP contribution in [0.1, 0.15) is 45.4 Å². The van der Waals surface area contributed by atoms with E-state index in [1.807, 2.05) is 0 Å². The van der Waals surface area contributed by atoms with Crippen molar-refractivity contribution >= 4 is 5.97 Å². The monoisotopic (exact) mass is 216 g/mol. The Morgan fingerprint density at radius 3 is 2.60 bits per heavy atom. The molecule has 15 heavy (non-hydrogen) atoms. The predicted molar refractivity (Wildman–Crippen MR) is 61.9 cm³/mol. The molecule has 4 heteroatoms. The highest BCUT2D eigenvalue weighted by atomic mass is 16.4. The Morgan fingerprint density at radius 1 is 1.33 bits per heavy atom. The molecule has 0 radical (unpaired) electrons. The Hall–Kier alpha value is -0.610. The average Bonchev–Trinajstić information content (AvgIpc) is 2.21. The van der Waals surface area contributed by atoms with Crippen molar-refractivity contribution in [1.29, 1.82) is 0 Å². The molecule has 0 fully saturated rings. The molecular formula is C11H24N2O2. The molecular weight excluding hydrogens is 192 g/mol. The van der Waals surface area contributed by atoms with Crippen molar-refractivity contribution in [2.24, 2.45) is 5.73 Å². The first-order chi connectivity index (χ1) is 7.22. The van der Waals surface area contributed by atoms with Gasteiger partial charge in [-0.2, -0.15) is 0 Å². The first-order valence-electron chi connectivity index (χ1n) is 5.88. The quantitative estimate of drug-likeness (QED) is 0.482. The van der Waals surface area contributed by atoms with Crippen molar-refractivity contribution in [3.05, 3.63) is 0 Å². The van der Waals surface area contributed by atoms with Crippen molar-refractivity contribution < 1.29 is 9.90 Å². The average molecular weight is 216 g/mol. The number of rotatable bonds is 10. The molecule has 0 saturated carbocycles. The summed E-state index contributed by atoms with van der Waals surface area (Å²) in [5, 5.41) is 12.0. The van der Waals surface area contributed by atoms with E-state index in [2.05, 4.69) is 12.2 Å². The molecule has 4 N–H and O–H groups in total. The number of carbonyl (C=O) groups is 1. The van der Waals surface area contributed by atoms with E-state index < -0.39 is 12.0 Å². The van der Waals surface area contributed by atoms with E-state index in [0.717, 1.165) is 38.6 Å². The zero-order chi connectivity index (χ0) is 11.5. The molecule has 0 amide bonds. The molecule has 0 aliphatic rings. The van der Waals surface area contributed by atoms with Gasteiger partial charge in [-0.25, -0.2) is 0 Å². The molecule has 0 aromatic heterocycles. The topological polar surface area (TPSA) is 75.3 Å². The molecule has 0 spiro atoms. The molecule has 4 nitrogen and oxygen atoms in total. The SMILES string of the molecule is CCCCCN[C@@H](CCCCN)C(=O)O. The third-order valence-corrected chi connectivity index (χ3v) is 2.42. The lowest BCUT2D eigenvalue weighted by Crippen LogP contribution is -2.37. The summed E-state index contributed by atoms with van der Waals surface area (Å²) in [4.78, 5) is 10.9. The Morgan fingerprint density at radius 2 is 2.07 bits per heavy atom. The highest BCUT2D eigenvalue weighted by Gasteiger charge is 2.14. The second-order valence-electron chi connectivity index (χ2n) is 3.84. The Kier molecular flexibility index (Phi) is 9.52. The molecule has 0 aromatic rings. The minimum Gasteiger partial charge on any atom is -0.480 e. The minimum absolute atomic E-state index is 0.395. The lowest BCUT2D eigenvalue weighted by atomic mass is 10.1. The fourth-order valence-electron chi connectivity index (χ4n) is 1.46. The number of hydrogen-bond donors (Lipinski definition) is 3. The van der Waals surface area contributed by atoms with Crippen LogP contribution in [0, 0.1) is 0 Å². The van der Waals surface area contributed by atoms with Gasteiger partial charge < -0.3 is 16.2 Å². The zero-order valence-corrected chi connectivity index (χ0v) is 9.67. The highest BCUT2D eigenvalue weighted by Crippen LogP contribution is 2.01. The molecule has 0 saturated heterocycles. The standard InChI is InChI=1S/C11H24N2O2/c1-2-3-6-9-13-10(11(14)15)7-4-5-8-12/h10,13H,2-9,12H2,1H3,(H,14,15)/t10-/m0/s1. The molecule has 0 aliphatic carbocycles. The lowest BCUT2D eigenvalue weighted by Gasteiger charge is -2.13. The maximum atomic E-state index is 10.9. The van der Waals surface area contributed by atoms with Crippen LogP contribution in [-0.4, -0.2) is 30.2 Å². The van der Waals surface area contributed by atoms with Gasteiger partial charge >= 0.3 is 5.97 Å². The van der Waals surface area contributed by atoms with Gasteiger partial charge in [-0.3, -0.25) is 4.79 Å². The van der Waals surface area contributed by atoms with Crippen LogP contribution in [0.2, 0.25) is 0 Å². The minimum atomic E-state index is -0.747. The molecule has 1 atom stereocenters. The fourth-order valence-corrected chi connectivity index (χ4v) is 1.46. The Balaban J connectivity index is 3.59. The molecule has 0 aliphatic heterocycles. The largest absolute Gasteiger partial charge is 0.480 e. The summed E-state index contributed by atoms with van der Waals surface area (Å²) in [7, 11) is 0. The van der Waals surface area contributed by atoms with Crippen molar-refractivity contribution in [3.63, 3.8) is 0 Å². The van der Waals surface area contributed by atoms with E-state index >= 15 is 0 Å². The van der Waals surface area contributed by atoms with Gasteiger partial charge in [0, 0.05) is 0 Å². The van der Waals surface area contributed by atoms with Crippen molar-refractivity contribution in [3.8, 4) is 0 Å². The van der Waals surface area contributed by atoms with Crippen molar-refractivity contribution in [1.82, 2.24) is 5.32 Å². The van der Waals surface area contributed by atoms with Crippen LogP contribution in [0.4, 0.5) is 0 Å². The Labute approximate surface area is 92.2 Å². The number of nitrogens with two attached hydrogens (primary N) is 1. The number of carboxylic acids is 1. The maximum Gasteiger partial charge on any atom is 0.320 e. The number of carboxylic acid groups (broad SMARTS) is 1. The van der Waals surface area contributed by atoms with Crippen LogP contribution in [0.15, 0.2) is 0 Å². The maximum absolute atomic E-state index is 10.9.